The molecule has 0 atom stereocenters. The Bertz CT molecular complexity index is 1120. The Balaban J connectivity index is 1.65. The third kappa shape index (κ3) is 6.21. The summed E-state index contributed by atoms with van der Waals surface area (Å²) < 4.78 is 6.62. The zero-order valence-corrected chi connectivity index (χ0v) is 18.5. The highest BCUT2D eigenvalue weighted by Gasteiger charge is 2.13. The van der Waals surface area contributed by atoms with Crippen LogP contribution >= 0.6 is 11.3 Å². The number of nitrogens with zero attached hydrogens (tertiary/aromatic N) is 3. The maximum atomic E-state index is 12.4. The zero-order valence-electron chi connectivity index (χ0n) is 17.7. The van der Waals surface area contributed by atoms with Crippen LogP contribution in [0.25, 0.3) is 4.96 Å². The normalized spacial score (nSPS) is 10.9. The smallest absolute Gasteiger partial charge is 0.338 e. The lowest BCUT2D eigenvalue weighted by molar-refractivity contribution is -0.116. The molecule has 2 aromatic heterocycles. The van der Waals surface area contributed by atoms with E-state index in [0.717, 1.165) is 37.1 Å². The van der Waals surface area contributed by atoms with Gasteiger partial charge >= 0.3 is 5.97 Å². The first-order valence-corrected chi connectivity index (χ1v) is 11.3. The summed E-state index contributed by atoms with van der Waals surface area (Å²) in [4.78, 5) is 41.5. The number of benzene rings is 1. The quantitative estimate of drug-likeness (QED) is 0.477. The van der Waals surface area contributed by atoms with Crippen LogP contribution in [0.3, 0.4) is 0 Å². The average molecular weight is 443 g/mol. The molecule has 0 saturated heterocycles. The molecule has 0 bridgehead atoms. The molecule has 8 nitrogen and oxygen atoms in total. The fraction of sp³-hybridized carbons (Fsp3) is 0.409. The summed E-state index contributed by atoms with van der Waals surface area (Å²) in [6.07, 6.45) is 5.03. The third-order valence-electron chi connectivity index (χ3n) is 4.57. The molecule has 0 spiro atoms. The zero-order chi connectivity index (χ0) is 22.2. The van der Waals surface area contributed by atoms with Crippen molar-refractivity contribution < 1.29 is 14.3 Å². The van der Waals surface area contributed by atoms with Crippen LogP contribution in [0.4, 0.5) is 5.69 Å². The number of aromatic nitrogens is 3. The summed E-state index contributed by atoms with van der Waals surface area (Å²) in [5, 5.41) is 7.94. The number of hydrogen-bond acceptors (Lipinski definition) is 7. The molecule has 0 aliphatic rings. The number of carbonyl (C=O) groups excluding carboxylic acids is 2. The van der Waals surface area contributed by atoms with E-state index in [9.17, 15) is 14.4 Å². The number of fused-ring (bicyclic) bond motifs is 1. The van der Waals surface area contributed by atoms with Gasteiger partial charge in [0.05, 0.1) is 11.3 Å². The lowest BCUT2D eigenvalue weighted by atomic mass is 10.2. The Morgan fingerprint density at radius 3 is 2.74 bits per heavy atom. The standard InChI is InChI=1S/C22H26N4O4S/c1-3-5-10-18(27)23-16-9-7-8-15(12-16)21(29)30-14-17-13-20(28)26-22(24-17)31-19(25-26)11-6-4-2/h7-9,12-13H,3-6,10-11,14H2,1-2H3,(H,23,27). The second-order valence-corrected chi connectivity index (χ2v) is 8.23. The van der Waals surface area contributed by atoms with E-state index in [1.807, 2.05) is 6.92 Å². The van der Waals surface area contributed by atoms with Gasteiger partial charge in [-0.15, -0.1) is 0 Å². The molecule has 1 amide bonds. The van der Waals surface area contributed by atoms with Crippen molar-refractivity contribution >= 4 is 33.9 Å². The first-order valence-electron chi connectivity index (χ1n) is 10.5. The molecule has 0 aliphatic heterocycles. The number of nitrogens with one attached hydrogen (secondary N) is 1. The van der Waals surface area contributed by atoms with E-state index in [2.05, 4.69) is 22.3 Å². The number of unbranched alkanes of at least 4 members (excludes halogenated alkanes) is 2. The number of amides is 1. The van der Waals surface area contributed by atoms with Crippen molar-refractivity contribution in [3.63, 3.8) is 0 Å². The number of carbonyl (C=O) groups is 2. The van der Waals surface area contributed by atoms with Crippen LogP contribution in [0.15, 0.2) is 35.1 Å². The highest BCUT2D eigenvalue weighted by molar-refractivity contribution is 7.16. The van der Waals surface area contributed by atoms with Crippen molar-refractivity contribution in [2.75, 3.05) is 5.32 Å². The summed E-state index contributed by atoms with van der Waals surface area (Å²) in [7, 11) is 0. The number of anilines is 1. The summed E-state index contributed by atoms with van der Waals surface area (Å²) in [6, 6.07) is 7.91. The van der Waals surface area contributed by atoms with E-state index in [-0.39, 0.29) is 18.1 Å². The molecule has 3 rings (SSSR count). The van der Waals surface area contributed by atoms with Crippen molar-refractivity contribution in [2.24, 2.45) is 0 Å². The maximum Gasteiger partial charge on any atom is 0.338 e. The van der Waals surface area contributed by atoms with E-state index in [1.54, 1.807) is 24.3 Å². The molecule has 0 saturated carbocycles. The van der Waals surface area contributed by atoms with Gasteiger partial charge in [0.25, 0.3) is 5.56 Å². The molecule has 1 aromatic carbocycles. The van der Waals surface area contributed by atoms with Gasteiger partial charge in [-0.25, -0.2) is 9.78 Å². The predicted octanol–water partition coefficient (Wildman–Crippen LogP) is 3.98. The number of hydrogen-bond donors (Lipinski definition) is 1. The molecular formula is C22H26N4O4S. The minimum Gasteiger partial charge on any atom is -0.456 e. The molecule has 0 aliphatic carbocycles. The second-order valence-electron chi connectivity index (χ2n) is 7.19. The topological polar surface area (TPSA) is 103 Å². The van der Waals surface area contributed by atoms with Crippen LogP contribution in [0.2, 0.25) is 0 Å². The molecule has 0 radical (unpaired) electrons. The summed E-state index contributed by atoms with van der Waals surface area (Å²) in [6.45, 7) is 3.99. The number of aryl methyl sites for hydroxylation is 1. The third-order valence-corrected chi connectivity index (χ3v) is 5.54. The highest BCUT2D eigenvalue weighted by Crippen LogP contribution is 2.16. The SMILES string of the molecule is CCCCC(=O)Nc1cccc(C(=O)OCc2cc(=O)n3nc(CCCC)sc3n2)c1. The largest absolute Gasteiger partial charge is 0.456 e. The van der Waals surface area contributed by atoms with E-state index >= 15 is 0 Å². The minimum atomic E-state index is -0.556. The summed E-state index contributed by atoms with van der Waals surface area (Å²) >= 11 is 1.37. The van der Waals surface area contributed by atoms with Gasteiger partial charge in [0.2, 0.25) is 10.9 Å². The van der Waals surface area contributed by atoms with Crippen LogP contribution in [0, 0.1) is 0 Å². The van der Waals surface area contributed by atoms with Gasteiger partial charge in [0.1, 0.15) is 11.6 Å². The van der Waals surface area contributed by atoms with Gasteiger partial charge in [0.15, 0.2) is 0 Å². The van der Waals surface area contributed by atoms with Gasteiger partial charge in [-0.2, -0.15) is 9.61 Å². The van der Waals surface area contributed by atoms with Gasteiger partial charge in [0, 0.05) is 24.6 Å². The molecule has 2 heterocycles. The molecular weight excluding hydrogens is 416 g/mol. The van der Waals surface area contributed by atoms with Gasteiger partial charge in [-0.1, -0.05) is 44.1 Å². The van der Waals surface area contributed by atoms with Gasteiger partial charge < -0.3 is 10.1 Å². The van der Waals surface area contributed by atoms with E-state index in [0.29, 0.717) is 28.3 Å². The Hall–Kier alpha value is -3.07. The Labute approximate surface area is 184 Å². The maximum absolute atomic E-state index is 12.4. The molecule has 0 fully saturated rings. The molecule has 9 heteroatoms. The number of esters is 1. The van der Waals surface area contributed by atoms with Crippen LogP contribution in [-0.4, -0.2) is 26.5 Å². The average Bonchev–Trinajstić information content (AvgIpc) is 3.18. The summed E-state index contributed by atoms with van der Waals surface area (Å²) in [5.74, 6) is -0.646. The Morgan fingerprint density at radius 1 is 1.16 bits per heavy atom. The van der Waals surface area contributed by atoms with Crippen molar-refractivity contribution in [1.29, 1.82) is 0 Å². The molecule has 0 unspecified atom stereocenters. The molecule has 164 valence electrons. The Morgan fingerprint density at radius 2 is 1.97 bits per heavy atom. The second kappa shape index (κ2) is 10.8. The fourth-order valence-corrected chi connectivity index (χ4v) is 3.87. The van der Waals surface area contributed by atoms with Gasteiger partial charge in [-0.3, -0.25) is 9.59 Å². The van der Waals surface area contributed by atoms with Crippen molar-refractivity contribution in [1.82, 2.24) is 14.6 Å². The lowest BCUT2D eigenvalue weighted by Gasteiger charge is -2.08. The predicted molar refractivity (Wildman–Crippen MR) is 119 cm³/mol. The number of ether oxygens (including phenoxy) is 1. The number of rotatable bonds is 10. The minimum absolute atomic E-state index is 0.0896. The van der Waals surface area contributed by atoms with Crippen LogP contribution in [0.5, 0.6) is 0 Å². The first kappa shape index (κ1) is 22.6. The molecule has 3 aromatic rings. The van der Waals surface area contributed by atoms with E-state index in [1.165, 1.54) is 21.9 Å². The van der Waals surface area contributed by atoms with E-state index in [4.69, 9.17) is 4.74 Å². The van der Waals surface area contributed by atoms with E-state index < -0.39 is 5.97 Å². The van der Waals surface area contributed by atoms with Crippen molar-refractivity contribution in [3.05, 3.63) is 57.0 Å². The van der Waals surface area contributed by atoms with Gasteiger partial charge in [-0.05, 0) is 31.0 Å². The Kier molecular flexibility index (Phi) is 7.88. The molecule has 31 heavy (non-hydrogen) atoms. The van der Waals surface area contributed by atoms with Crippen LogP contribution < -0.4 is 10.9 Å². The van der Waals surface area contributed by atoms with Crippen LogP contribution in [0.1, 0.15) is 67.0 Å². The van der Waals surface area contributed by atoms with Crippen molar-refractivity contribution in [3.8, 4) is 0 Å². The molecule has 1 N–H and O–H groups in total. The van der Waals surface area contributed by atoms with Crippen LogP contribution in [-0.2, 0) is 22.6 Å². The van der Waals surface area contributed by atoms with Crippen molar-refractivity contribution in [2.45, 2.75) is 59.0 Å². The fourth-order valence-electron chi connectivity index (χ4n) is 2.91. The highest BCUT2D eigenvalue weighted by atomic mass is 32.1. The lowest BCUT2D eigenvalue weighted by Crippen LogP contribution is -2.17. The summed E-state index contributed by atoms with van der Waals surface area (Å²) in [5.41, 5.74) is 0.920. The monoisotopic (exact) mass is 442 g/mol. The first-order chi connectivity index (χ1) is 15.0.